The lowest BCUT2D eigenvalue weighted by atomic mass is 9.64. The van der Waals surface area contributed by atoms with E-state index in [1.54, 1.807) is 0 Å². The van der Waals surface area contributed by atoms with Gasteiger partial charge in [-0.2, -0.15) is 0 Å². The predicted octanol–water partition coefficient (Wildman–Crippen LogP) is 3.78. The topological polar surface area (TPSA) is 43.4 Å². The molecule has 22 heavy (non-hydrogen) atoms. The van der Waals surface area contributed by atoms with Crippen molar-refractivity contribution in [1.29, 1.82) is 0 Å². The lowest BCUT2D eigenvalue weighted by Gasteiger charge is -2.45. The number of ether oxygens (including phenoxy) is 1. The maximum atomic E-state index is 13.2. The van der Waals surface area contributed by atoms with Crippen molar-refractivity contribution in [2.75, 3.05) is 0 Å². The number of carbonyl (C=O) groups excluding carboxylic acids is 2. The highest BCUT2D eigenvalue weighted by atomic mass is 16.5. The molecule has 2 aliphatic rings. The number of esters is 1. The van der Waals surface area contributed by atoms with Crippen LogP contribution in [-0.4, -0.2) is 17.9 Å². The minimum Gasteiger partial charge on any atom is -0.461 e. The van der Waals surface area contributed by atoms with Crippen LogP contribution in [0.1, 0.15) is 45.6 Å². The van der Waals surface area contributed by atoms with E-state index < -0.39 is 10.8 Å². The van der Waals surface area contributed by atoms with Crippen LogP contribution in [0.25, 0.3) is 5.57 Å². The number of carbonyl (C=O) groups is 2. The molecule has 0 N–H and O–H groups in total. The number of Topliss-reactive ketones (excluding diaryl/α,β-unsaturated/α-hetero) is 1. The summed E-state index contributed by atoms with van der Waals surface area (Å²) in [6.45, 7) is 5.72. The fraction of sp³-hybridized carbons (Fsp3) is 0.474. The monoisotopic (exact) mass is 298 g/mol. The van der Waals surface area contributed by atoms with Gasteiger partial charge in [-0.25, -0.2) is 0 Å². The molecule has 3 rings (SSSR count). The van der Waals surface area contributed by atoms with Crippen molar-refractivity contribution < 1.29 is 14.3 Å². The largest absolute Gasteiger partial charge is 0.461 e. The first kappa shape index (κ1) is 15.0. The van der Waals surface area contributed by atoms with Crippen LogP contribution in [0.15, 0.2) is 36.4 Å². The minimum atomic E-state index is -0.610. The van der Waals surface area contributed by atoms with Gasteiger partial charge in [-0.15, -0.1) is 0 Å². The first-order valence-electron chi connectivity index (χ1n) is 7.92. The average molecular weight is 298 g/mol. The summed E-state index contributed by atoms with van der Waals surface area (Å²) in [4.78, 5) is 25.3. The highest BCUT2D eigenvalue weighted by Crippen LogP contribution is 2.53. The molecule has 3 heteroatoms. The summed E-state index contributed by atoms with van der Waals surface area (Å²) in [5.74, 6) is -0.0583. The smallest absolute Gasteiger partial charge is 0.311 e. The van der Waals surface area contributed by atoms with Crippen molar-refractivity contribution >= 4 is 17.3 Å². The number of allylic oxidation sites excluding steroid dienone is 2. The maximum absolute atomic E-state index is 13.2. The van der Waals surface area contributed by atoms with Crippen molar-refractivity contribution in [3.63, 3.8) is 0 Å². The summed E-state index contributed by atoms with van der Waals surface area (Å²) in [5.41, 5.74) is 0.528. The highest BCUT2D eigenvalue weighted by Gasteiger charge is 2.58. The molecule has 116 valence electrons. The number of hydrogen-bond acceptors (Lipinski definition) is 3. The third-order valence-corrected chi connectivity index (χ3v) is 5.00. The normalized spacial score (nSPS) is 30.3. The second-order valence-electron chi connectivity index (χ2n) is 7.04. The fourth-order valence-electron chi connectivity index (χ4n) is 3.88. The Labute approximate surface area is 131 Å². The van der Waals surface area contributed by atoms with E-state index in [2.05, 4.69) is 0 Å². The molecule has 2 atom stereocenters. The zero-order chi connectivity index (χ0) is 16.0. The van der Waals surface area contributed by atoms with Crippen LogP contribution >= 0.6 is 0 Å². The van der Waals surface area contributed by atoms with Crippen molar-refractivity contribution in [2.24, 2.45) is 10.8 Å². The average Bonchev–Trinajstić information content (AvgIpc) is 2.81. The van der Waals surface area contributed by atoms with E-state index in [1.807, 2.05) is 57.2 Å². The van der Waals surface area contributed by atoms with Gasteiger partial charge >= 0.3 is 5.97 Å². The van der Waals surface area contributed by atoms with Crippen molar-refractivity contribution in [3.05, 3.63) is 42.0 Å². The Morgan fingerprint density at radius 2 is 1.86 bits per heavy atom. The van der Waals surface area contributed by atoms with E-state index >= 15 is 0 Å². The molecule has 1 fully saturated rings. The molecule has 1 saturated heterocycles. The molecule has 1 spiro atoms. The van der Waals surface area contributed by atoms with Crippen molar-refractivity contribution in [1.82, 2.24) is 0 Å². The number of cyclic esters (lactones) is 1. The molecule has 0 aromatic heterocycles. The molecule has 0 amide bonds. The first-order chi connectivity index (χ1) is 10.4. The Hall–Kier alpha value is -1.90. The van der Waals surface area contributed by atoms with E-state index in [0.717, 1.165) is 11.1 Å². The summed E-state index contributed by atoms with van der Waals surface area (Å²) in [6, 6.07) is 9.75. The van der Waals surface area contributed by atoms with Gasteiger partial charge < -0.3 is 4.74 Å². The van der Waals surface area contributed by atoms with E-state index in [-0.39, 0.29) is 17.9 Å². The van der Waals surface area contributed by atoms with Crippen LogP contribution in [0.3, 0.4) is 0 Å². The molecule has 1 aromatic carbocycles. The van der Waals surface area contributed by atoms with Crippen LogP contribution in [0, 0.1) is 10.8 Å². The van der Waals surface area contributed by atoms with E-state index in [4.69, 9.17) is 4.74 Å². The Kier molecular flexibility index (Phi) is 3.47. The van der Waals surface area contributed by atoms with Crippen LogP contribution in [0.2, 0.25) is 0 Å². The molecule has 1 aromatic rings. The van der Waals surface area contributed by atoms with Crippen LogP contribution in [-0.2, 0) is 14.3 Å². The Bertz CT molecular complexity index is 642. The first-order valence-corrected chi connectivity index (χ1v) is 7.92. The van der Waals surface area contributed by atoms with Gasteiger partial charge in [0.05, 0.1) is 10.8 Å². The standard InChI is InChI=1S/C19H22O3/c1-4-15-19(12-18(2,3)17(21)22-15)11-10-14(16(19)20)13-8-6-5-7-9-13/h5-10,15H,4,11-12H2,1-3H3/t15-,19+/m1/s1. The second kappa shape index (κ2) is 5.08. The SMILES string of the molecule is CC[C@H]1OC(=O)C(C)(C)C[C@@]12CC=C(c1ccccc1)C2=O. The zero-order valence-electron chi connectivity index (χ0n) is 13.4. The van der Waals surface area contributed by atoms with Crippen LogP contribution in [0.5, 0.6) is 0 Å². The molecule has 0 unspecified atom stereocenters. The molecule has 1 aliphatic carbocycles. The number of benzene rings is 1. The zero-order valence-corrected chi connectivity index (χ0v) is 13.4. The molecular formula is C19H22O3. The summed E-state index contributed by atoms with van der Waals surface area (Å²) >= 11 is 0. The number of rotatable bonds is 2. The highest BCUT2D eigenvalue weighted by molar-refractivity contribution is 6.26. The Balaban J connectivity index is 1.98. The van der Waals surface area contributed by atoms with E-state index in [0.29, 0.717) is 19.3 Å². The van der Waals surface area contributed by atoms with E-state index in [9.17, 15) is 9.59 Å². The molecule has 1 heterocycles. The van der Waals surface area contributed by atoms with Crippen molar-refractivity contribution in [2.45, 2.75) is 46.1 Å². The fourth-order valence-corrected chi connectivity index (χ4v) is 3.88. The molecular weight excluding hydrogens is 276 g/mol. The van der Waals surface area contributed by atoms with Gasteiger partial charge in [-0.05, 0) is 38.7 Å². The maximum Gasteiger partial charge on any atom is 0.311 e. The third kappa shape index (κ3) is 2.11. The lowest BCUT2D eigenvalue weighted by Crippen LogP contribution is -2.53. The Morgan fingerprint density at radius 3 is 2.50 bits per heavy atom. The summed E-state index contributed by atoms with van der Waals surface area (Å²) in [7, 11) is 0. The molecule has 3 nitrogen and oxygen atoms in total. The van der Waals surface area contributed by atoms with Gasteiger partial charge in [0.2, 0.25) is 0 Å². The van der Waals surface area contributed by atoms with Gasteiger partial charge in [0.25, 0.3) is 0 Å². The van der Waals surface area contributed by atoms with E-state index in [1.165, 1.54) is 0 Å². The summed E-state index contributed by atoms with van der Waals surface area (Å²) in [6.07, 6.45) is 3.59. The molecule has 0 saturated carbocycles. The molecule has 0 radical (unpaired) electrons. The summed E-state index contributed by atoms with van der Waals surface area (Å²) < 4.78 is 5.65. The summed E-state index contributed by atoms with van der Waals surface area (Å²) in [5, 5.41) is 0. The number of hydrogen-bond donors (Lipinski definition) is 0. The van der Waals surface area contributed by atoms with Gasteiger partial charge in [0.1, 0.15) is 6.10 Å². The van der Waals surface area contributed by atoms with Crippen LogP contribution in [0.4, 0.5) is 0 Å². The second-order valence-corrected chi connectivity index (χ2v) is 7.04. The molecule has 1 aliphatic heterocycles. The van der Waals surface area contributed by atoms with Gasteiger partial charge in [0.15, 0.2) is 5.78 Å². The third-order valence-electron chi connectivity index (χ3n) is 5.00. The predicted molar refractivity (Wildman–Crippen MR) is 85.0 cm³/mol. The van der Waals surface area contributed by atoms with Gasteiger partial charge in [-0.1, -0.05) is 43.3 Å². The van der Waals surface area contributed by atoms with Gasteiger partial charge in [-0.3, -0.25) is 9.59 Å². The lowest BCUT2D eigenvalue weighted by molar-refractivity contribution is -0.185. The van der Waals surface area contributed by atoms with Gasteiger partial charge in [0, 0.05) is 5.57 Å². The minimum absolute atomic E-state index is 0.131. The molecule has 0 bridgehead atoms. The quantitative estimate of drug-likeness (QED) is 0.780. The Morgan fingerprint density at radius 1 is 1.18 bits per heavy atom. The van der Waals surface area contributed by atoms with Crippen LogP contribution < -0.4 is 0 Å². The number of ketones is 1. The van der Waals surface area contributed by atoms with Crippen molar-refractivity contribution in [3.8, 4) is 0 Å².